The third kappa shape index (κ3) is 5.43. The van der Waals surface area contributed by atoms with Crippen molar-refractivity contribution in [1.29, 1.82) is 0 Å². The van der Waals surface area contributed by atoms with Crippen molar-refractivity contribution in [2.75, 3.05) is 25.2 Å². The average Bonchev–Trinajstić information content (AvgIpc) is 2.61. The van der Waals surface area contributed by atoms with Gasteiger partial charge in [0.05, 0.1) is 12.8 Å². The van der Waals surface area contributed by atoms with E-state index in [2.05, 4.69) is 58.4 Å². The molecule has 0 amide bonds. The molecular formula is C21H25N5O. The van der Waals surface area contributed by atoms with Crippen LogP contribution in [0.4, 0.5) is 17.5 Å². The highest BCUT2D eigenvalue weighted by molar-refractivity contribution is 5.58. The molecule has 3 rings (SSSR count). The van der Waals surface area contributed by atoms with Gasteiger partial charge in [0.2, 0.25) is 5.95 Å². The van der Waals surface area contributed by atoms with E-state index in [1.54, 1.807) is 7.11 Å². The number of ether oxygens (including phenoxy) is 1. The first-order chi connectivity index (χ1) is 13.0. The lowest BCUT2D eigenvalue weighted by Crippen LogP contribution is -2.18. The summed E-state index contributed by atoms with van der Waals surface area (Å²) in [7, 11) is 3.72. The summed E-state index contributed by atoms with van der Waals surface area (Å²) in [5.74, 6) is 1.82. The van der Waals surface area contributed by atoms with Crippen LogP contribution in [-0.4, -0.2) is 29.0 Å². The summed E-state index contributed by atoms with van der Waals surface area (Å²) >= 11 is 0. The number of aryl methyl sites for hydroxylation is 1. The van der Waals surface area contributed by atoms with Crippen LogP contribution in [0.5, 0.6) is 5.75 Å². The molecule has 6 heteroatoms. The predicted molar refractivity (Wildman–Crippen MR) is 109 cm³/mol. The van der Waals surface area contributed by atoms with Crippen molar-refractivity contribution in [1.82, 2.24) is 14.9 Å². The Morgan fingerprint density at radius 3 is 2.52 bits per heavy atom. The molecule has 0 aliphatic heterocycles. The number of nitrogens with zero attached hydrogens (tertiary/aromatic N) is 3. The fourth-order valence-corrected chi connectivity index (χ4v) is 2.91. The molecule has 0 atom stereocenters. The first kappa shape index (κ1) is 18.7. The highest BCUT2D eigenvalue weighted by Gasteiger charge is 2.07. The van der Waals surface area contributed by atoms with Crippen molar-refractivity contribution in [2.45, 2.75) is 20.0 Å². The van der Waals surface area contributed by atoms with Crippen molar-refractivity contribution in [3.8, 4) is 5.75 Å². The summed E-state index contributed by atoms with van der Waals surface area (Å²) in [4.78, 5) is 10.8. The zero-order valence-corrected chi connectivity index (χ0v) is 15.9. The van der Waals surface area contributed by atoms with E-state index in [0.717, 1.165) is 23.7 Å². The standard InChI is InChI=1S/C21H25N5O/c1-15-5-4-6-17(11-15)23-20-12-18(24-21(22)25-20)14-26(2)13-16-7-9-19(27-3)10-8-16/h4-12H,13-14H2,1-3H3,(H3,22,23,24,25). The van der Waals surface area contributed by atoms with E-state index in [-0.39, 0.29) is 5.95 Å². The number of methoxy groups -OCH3 is 1. The Bertz CT molecular complexity index is 895. The zero-order chi connectivity index (χ0) is 19.2. The molecular weight excluding hydrogens is 338 g/mol. The predicted octanol–water partition coefficient (Wildman–Crippen LogP) is 3.75. The van der Waals surface area contributed by atoms with Crippen molar-refractivity contribution in [3.63, 3.8) is 0 Å². The first-order valence-electron chi connectivity index (χ1n) is 8.80. The van der Waals surface area contributed by atoms with Gasteiger partial charge in [-0.1, -0.05) is 24.3 Å². The van der Waals surface area contributed by atoms with Crippen LogP contribution in [0.2, 0.25) is 0 Å². The van der Waals surface area contributed by atoms with Crippen LogP contribution < -0.4 is 15.8 Å². The molecule has 0 saturated heterocycles. The molecule has 0 saturated carbocycles. The van der Waals surface area contributed by atoms with Crippen molar-refractivity contribution in [3.05, 3.63) is 71.4 Å². The molecule has 3 N–H and O–H groups in total. The van der Waals surface area contributed by atoms with Crippen LogP contribution in [0.15, 0.2) is 54.6 Å². The topological polar surface area (TPSA) is 76.3 Å². The number of benzene rings is 2. The molecule has 0 radical (unpaired) electrons. The smallest absolute Gasteiger partial charge is 0.222 e. The number of anilines is 3. The molecule has 1 aromatic heterocycles. The number of nitrogens with two attached hydrogens (primary N) is 1. The maximum Gasteiger partial charge on any atom is 0.222 e. The van der Waals surface area contributed by atoms with Gasteiger partial charge in [-0.3, -0.25) is 4.90 Å². The van der Waals surface area contributed by atoms with Gasteiger partial charge in [-0.2, -0.15) is 4.98 Å². The van der Waals surface area contributed by atoms with Gasteiger partial charge in [0.1, 0.15) is 11.6 Å². The Morgan fingerprint density at radius 2 is 1.81 bits per heavy atom. The van der Waals surface area contributed by atoms with Gasteiger partial charge in [-0.15, -0.1) is 0 Å². The zero-order valence-electron chi connectivity index (χ0n) is 15.9. The number of nitrogens with one attached hydrogen (secondary N) is 1. The van der Waals surface area contributed by atoms with Crippen molar-refractivity contribution in [2.24, 2.45) is 0 Å². The maximum atomic E-state index is 5.91. The Labute approximate surface area is 160 Å². The van der Waals surface area contributed by atoms with Crippen molar-refractivity contribution >= 4 is 17.5 Å². The van der Waals surface area contributed by atoms with Gasteiger partial charge in [-0.25, -0.2) is 4.98 Å². The Balaban J connectivity index is 1.67. The molecule has 27 heavy (non-hydrogen) atoms. The van der Waals surface area contributed by atoms with E-state index < -0.39 is 0 Å². The Hall–Kier alpha value is -3.12. The second-order valence-corrected chi connectivity index (χ2v) is 6.62. The summed E-state index contributed by atoms with van der Waals surface area (Å²) < 4.78 is 5.20. The third-order valence-electron chi connectivity index (χ3n) is 4.13. The second-order valence-electron chi connectivity index (χ2n) is 6.62. The minimum absolute atomic E-state index is 0.264. The fourth-order valence-electron chi connectivity index (χ4n) is 2.91. The molecule has 3 aromatic rings. The quantitative estimate of drug-likeness (QED) is 0.666. The van der Waals surface area contributed by atoms with E-state index >= 15 is 0 Å². The number of nitrogen functional groups attached to an aromatic ring is 1. The van der Waals surface area contributed by atoms with E-state index in [1.165, 1.54) is 11.1 Å². The SMILES string of the molecule is COc1ccc(CN(C)Cc2cc(Nc3cccc(C)c3)nc(N)n2)cc1. The summed E-state index contributed by atoms with van der Waals surface area (Å²) in [5.41, 5.74) is 10.1. The molecule has 0 fully saturated rings. The van der Waals surface area contributed by atoms with E-state index in [4.69, 9.17) is 10.5 Å². The van der Waals surface area contributed by atoms with Crippen LogP contribution >= 0.6 is 0 Å². The highest BCUT2D eigenvalue weighted by atomic mass is 16.5. The molecule has 0 aliphatic rings. The fraction of sp³-hybridized carbons (Fsp3) is 0.238. The normalized spacial score (nSPS) is 10.8. The van der Waals surface area contributed by atoms with Crippen LogP contribution in [0.1, 0.15) is 16.8 Å². The van der Waals surface area contributed by atoms with Crippen molar-refractivity contribution < 1.29 is 4.74 Å². The monoisotopic (exact) mass is 363 g/mol. The maximum absolute atomic E-state index is 5.91. The minimum Gasteiger partial charge on any atom is -0.497 e. The molecule has 0 bridgehead atoms. The number of aromatic nitrogens is 2. The minimum atomic E-state index is 0.264. The number of rotatable bonds is 7. The van der Waals surface area contributed by atoms with Gasteiger partial charge in [0, 0.05) is 24.8 Å². The summed E-state index contributed by atoms with van der Waals surface area (Å²) in [6.07, 6.45) is 0. The van der Waals surface area contributed by atoms with E-state index in [9.17, 15) is 0 Å². The highest BCUT2D eigenvalue weighted by Crippen LogP contribution is 2.18. The largest absolute Gasteiger partial charge is 0.497 e. The van der Waals surface area contributed by atoms with Crippen LogP contribution in [-0.2, 0) is 13.1 Å². The number of hydrogen-bond donors (Lipinski definition) is 2. The van der Waals surface area contributed by atoms with E-state index in [0.29, 0.717) is 12.4 Å². The lowest BCUT2D eigenvalue weighted by Gasteiger charge is -2.17. The van der Waals surface area contributed by atoms with Crippen LogP contribution in [0.3, 0.4) is 0 Å². The molecule has 1 heterocycles. The summed E-state index contributed by atoms with van der Waals surface area (Å²) in [6.45, 7) is 3.52. The van der Waals surface area contributed by atoms with Gasteiger partial charge in [0.15, 0.2) is 0 Å². The first-order valence-corrected chi connectivity index (χ1v) is 8.80. The summed E-state index contributed by atoms with van der Waals surface area (Å²) in [5, 5.41) is 3.30. The van der Waals surface area contributed by atoms with Crippen LogP contribution in [0.25, 0.3) is 0 Å². The lowest BCUT2D eigenvalue weighted by atomic mass is 10.2. The average molecular weight is 363 g/mol. The van der Waals surface area contributed by atoms with Gasteiger partial charge in [0.25, 0.3) is 0 Å². The Morgan fingerprint density at radius 1 is 1.04 bits per heavy atom. The molecule has 6 nitrogen and oxygen atoms in total. The molecule has 0 aliphatic carbocycles. The summed E-state index contributed by atoms with van der Waals surface area (Å²) in [6, 6.07) is 18.1. The third-order valence-corrected chi connectivity index (χ3v) is 4.13. The van der Waals surface area contributed by atoms with Gasteiger partial charge < -0.3 is 15.8 Å². The van der Waals surface area contributed by atoms with Gasteiger partial charge >= 0.3 is 0 Å². The molecule has 0 unspecified atom stereocenters. The van der Waals surface area contributed by atoms with Crippen LogP contribution in [0, 0.1) is 6.92 Å². The lowest BCUT2D eigenvalue weighted by molar-refractivity contribution is 0.315. The second kappa shape index (κ2) is 8.51. The molecule has 0 spiro atoms. The van der Waals surface area contributed by atoms with E-state index in [1.807, 2.05) is 30.3 Å². The molecule has 2 aromatic carbocycles. The Kier molecular flexibility index (Phi) is 5.88. The number of hydrogen-bond acceptors (Lipinski definition) is 6. The molecule has 140 valence electrons. The van der Waals surface area contributed by atoms with Gasteiger partial charge in [-0.05, 0) is 49.4 Å².